The Bertz CT molecular complexity index is 21.7. The molecule has 0 aromatic rings. The number of nitrogens with two attached hydrogens (primary N) is 1. The van der Waals surface area contributed by atoms with Crippen molar-refractivity contribution in [3.63, 3.8) is 0 Å². The molecule has 0 amide bonds. The Hall–Kier alpha value is 0.972. The van der Waals surface area contributed by atoms with Crippen LogP contribution in [0, 0.1) is 38.0 Å². The van der Waals surface area contributed by atoms with Gasteiger partial charge in [0.15, 0.2) is 0 Å². The molecule has 3 heteroatoms. The molecule has 0 spiro atoms. The molecule has 0 heterocycles. The van der Waals surface area contributed by atoms with Crippen molar-refractivity contribution in [1.29, 1.82) is 0 Å². The van der Waals surface area contributed by atoms with Crippen molar-refractivity contribution in [3.8, 4) is 0 Å². The largest absolute Gasteiger partial charge is 0.345 e. The maximum atomic E-state index is 5.12. The zero-order chi connectivity index (χ0) is 4.83. The molecule has 0 aliphatic rings. The predicted octanol–water partition coefficient (Wildman–Crippen LogP) is -0.631. The van der Waals surface area contributed by atoms with Gasteiger partial charge in [0.2, 0.25) is 0 Å². The summed E-state index contributed by atoms with van der Waals surface area (Å²) in [5.41, 5.74) is 5.12. The topological polar surface area (TPSA) is 38.0 Å². The summed E-state index contributed by atoms with van der Waals surface area (Å²) in [4.78, 5) is 0. The Morgan fingerprint density at radius 2 is 2.14 bits per heavy atom. The van der Waals surface area contributed by atoms with Crippen molar-refractivity contribution >= 4 is 0 Å². The van der Waals surface area contributed by atoms with E-state index in [1.54, 1.807) is 0 Å². The van der Waals surface area contributed by atoms with Crippen molar-refractivity contribution in [2.24, 2.45) is 5.73 Å². The Morgan fingerprint density at radius 1 is 1.57 bits per heavy atom. The molecule has 0 aromatic carbocycles. The monoisotopic (exact) mass is 325 g/mol. The number of hydrogen-bond acceptors (Lipinski definition) is 2. The summed E-state index contributed by atoms with van der Waals surface area (Å²) in [6.07, 6.45) is 0. The Morgan fingerprint density at radius 3 is 2.29 bits per heavy atom. The summed E-state index contributed by atoms with van der Waals surface area (Å²) in [7, 11) is 0. The summed E-state index contributed by atoms with van der Waals surface area (Å²) >= 11 is 0. The summed E-state index contributed by atoms with van der Waals surface area (Å²) in [6, 6.07) is 0. The van der Waals surface area contributed by atoms with E-state index in [1.165, 1.54) is 0 Å². The fourth-order valence-corrected chi connectivity index (χ4v) is 0.227. The van der Waals surface area contributed by atoms with Crippen molar-refractivity contribution in [3.05, 3.63) is 6.92 Å². The molecule has 0 aliphatic heterocycles. The summed E-state index contributed by atoms with van der Waals surface area (Å²) in [5, 5.41) is 2.96. The van der Waals surface area contributed by atoms with E-state index in [0.717, 1.165) is 13.1 Å². The maximum absolute atomic E-state index is 5.12. The van der Waals surface area contributed by atoms with Crippen LogP contribution in [0.5, 0.6) is 0 Å². The van der Waals surface area contributed by atoms with Gasteiger partial charge in [-0.25, -0.2) is 0 Å². The van der Waals surface area contributed by atoms with E-state index < -0.39 is 0 Å². The van der Waals surface area contributed by atoms with Gasteiger partial charge in [-0.15, -0.1) is 6.54 Å². The van der Waals surface area contributed by atoms with Crippen LogP contribution in [0.15, 0.2) is 0 Å². The first-order valence-electron chi connectivity index (χ1n) is 2.12. The van der Waals surface area contributed by atoms with Crippen LogP contribution in [-0.4, -0.2) is 19.6 Å². The molecule has 0 fully saturated rings. The van der Waals surface area contributed by atoms with Crippen LogP contribution in [0.2, 0.25) is 0 Å². The minimum atomic E-state index is 0. The fraction of sp³-hybridized carbons (Fsp3) is 0.750. The summed E-state index contributed by atoms with van der Waals surface area (Å²) in [5.74, 6) is 0. The molecule has 0 bridgehead atoms. The minimum absolute atomic E-state index is 0. The molecule has 42 valence electrons. The van der Waals surface area contributed by atoms with E-state index in [0.29, 0.717) is 6.54 Å². The second-order valence-corrected chi connectivity index (χ2v) is 1.04. The van der Waals surface area contributed by atoms with Crippen LogP contribution < -0.4 is 11.1 Å². The van der Waals surface area contributed by atoms with E-state index in [4.69, 9.17) is 5.73 Å². The molecule has 0 unspecified atom stereocenters. The molecule has 0 saturated carbocycles. The van der Waals surface area contributed by atoms with Crippen molar-refractivity contribution < 1.29 is 31.1 Å². The molecule has 0 aliphatic carbocycles. The van der Waals surface area contributed by atoms with Crippen molar-refractivity contribution in [1.82, 2.24) is 5.32 Å². The first kappa shape index (κ1) is 10.9. The van der Waals surface area contributed by atoms with Crippen LogP contribution in [0.3, 0.4) is 0 Å². The smallest absolute Gasteiger partial charge is 0.00473 e. The van der Waals surface area contributed by atoms with Crippen LogP contribution in [0.1, 0.15) is 0 Å². The fourth-order valence-electron chi connectivity index (χ4n) is 0.227. The van der Waals surface area contributed by atoms with E-state index in [-0.39, 0.29) is 31.1 Å². The van der Waals surface area contributed by atoms with E-state index in [9.17, 15) is 0 Å². The molecule has 0 aromatic heterocycles. The predicted molar refractivity (Wildman–Crippen MR) is 27.3 cm³/mol. The SMILES string of the molecule is [CH2-]CNCCN.[U]. The second-order valence-electron chi connectivity index (χ2n) is 1.04. The van der Waals surface area contributed by atoms with Crippen LogP contribution in [0.25, 0.3) is 0 Å². The Labute approximate surface area is 68.6 Å². The van der Waals surface area contributed by atoms with Crippen LogP contribution in [0.4, 0.5) is 0 Å². The number of rotatable bonds is 3. The van der Waals surface area contributed by atoms with Gasteiger partial charge in [0, 0.05) is 44.2 Å². The first-order valence-corrected chi connectivity index (χ1v) is 2.12. The molecule has 0 rings (SSSR count). The minimum Gasteiger partial charge on any atom is -0.345 e. The Balaban J connectivity index is 0. The number of hydrogen-bond donors (Lipinski definition) is 2. The van der Waals surface area contributed by atoms with Crippen molar-refractivity contribution in [2.75, 3.05) is 19.6 Å². The average Bonchev–Trinajstić information content (AvgIpc) is 1.61. The quantitative estimate of drug-likeness (QED) is 0.536. The normalized spacial score (nSPS) is 7.71. The average molecular weight is 325 g/mol. The van der Waals surface area contributed by atoms with Gasteiger partial charge in [0.1, 0.15) is 0 Å². The summed E-state index contributed by atoms with van der Waals surface area (Å²) in [6.45, 7) is 5.91. The molecule has 7 heavy (non-hydrogen) atoms. The van der Waals surface area contributed by atoms with E-state index >= 15 is 0 Å². The van der Waals surface area contributed by atoms with Gasteiger partial charge < -0.3 is 18.0 Å². The molecule has 3 N–H and O–H groups in total. The first-order chi connectivity index (χ1) is 2.91. The second kappa shape index (κ2) is 10.1. The molecule has 2 nitrogen and oxygen atoms in total. The third kappa shape index (κ3) is 10.9. The molecule has 0 atom stereocenters. The number of nitrogens with one attached hydrogen (secondary N) is 1. The van der Waals surface area contributed by atoms with Gasteiger partial charge in [-0.3, -0.25) is 0 Å². The zero-order valence-electron chi connectivity index (χ0n) is 4.41. The molecule has 0 saturated heterocycles. The zero-order valence-corrected chi connectivity index (χ0v) is 8.57. The summed E-state index contributed by atoms with van der Waals surface area (Å²) < 4.78 is 0. The van der Waals surface area contributed by atoms with Gasteiger partial charge in [-0.2, -0.15) is 0 Å². The van der Waals surface area contributed by atoms with Crippen LogP contribution in [-0.2, 0) is 0 Å². The van der Waals surface area contributed by atoms with Crippen LogP contribution >= 0.6 is 0 Å². The Kier molecular flexibility index (Phi) is 15.6. The third-order valence-electron chi connectivity index (χ3n) is 0.498. The van der Waals surface area contributed by atoms with Gasteiger partial charge in [-0.05, 0) is 0 Å². The van der Waals surface area contributed by atoms with Gasteiger partial charge in [0.05, 0.1) is 0 Å². The van der Waals surface area contributed by atoms with E-state index in [2.05, 4.69) is 12.2 Å². The van der Waals surface area contributed by atoms with E-state index in [1.807, 2.05) is 0 Å². The molecular formula is C4H11N2U-. The van der Waals surface area contributed by atoms with Gasteiger partial charge in [-0.1, -0.05) is 0 Å². The maximum Gasteiger partial charge on any atom is 0.00473 e. The molecular weight excluding hydrogens is 314 g/mol. The van der Waals surface area contributed by atoms with Gasteiger partial charge >= 0.3 is 0 Å². The molecule has 0 radical (unpaired) electrons. The third-order valence-corrected chi connectivity index (χ3v) is 0.498. The standard InChI is InChI=1S/C4H11N2.U/c1-2-6-4-3-5;/h6H,1-5H2;/q-1;. The van der Waals surface area contributed by atoms with Crippen molar-refractivity contribution in [2.45, 2.75) is 0 Å². The van der Waals surface area contributed by atoms with Gasteiger partial charge in [0.25, 0.3) is 0 Å².